The fourth-order valence-corrected chi connectivity index (χ4v) is 4.46. The van der Waals surface area contributed by atoms with Crippen LogP contribution in [0.5, 0.6) is 11.5 Å². The third kappa shape index (κ3) is 5.14. The summed E-state index contributed by atoms with van der Waals surface area (Å²) in [6.45, 7) is 8.13. The molecule has 2 heterocycles. The Morgan fingerprint density at radius 3 is 2.37 bits per heavy atom. The quantitative estimate of drug-likeness (QED) is 0.691. The molecule has 2 unspecified atom stereocenters. The number of furan rings is 1. The lowest BCUT2D eigenvalue weighted by atomic mass is 10.0. The molecule has 0 bridgehead atoms. The summed E-state index contributed by atoms with van der Waals surface area (Å²) in [5.41, 5.74) is 0. The molecule has 164 valence electrons. The van der Waals surface area contributed by atoms with Crippen molar-refractivity contribution in [1.29, 1.82) is 0 Å². The van der Waals surface area contributed by atoms with Gasteiger partial charge in [-0.2, -0.15) is 4.72 Å². The maximum atomic E-state index is 13.0. The van der Waals surface area contributed by atoms with Gasteiger partial charge in [-0.15, -0.1) is 0 Å². The molecule has 2 N–H and O–H groups in total. The van der Waals surface area contributed by atoms with Gasteiger partial charge in [0, 0.05) is 12.5 Å². The van der Waals surface area contributed by atoms with Gasteiger partial charge in [0.25, 0.3) is 0 Å². The van der Waals surface area contributed by atoms with Gasteiger partial charge in [-0.25, -0.2) is 8.42 Å². The minimum absolute atomic E-state index is 0.0138. The number of rotatable bonds is 7. The molecule has 2 aromatic rings. The van der Waals surface area contributed by atoms with Gasteiger partial charge in [0.15, 0.2) is 11.5 Å². The lowest BCUT2D eigenvalue weighted by Crippen LogP contribution is -2.50. The molecule has 1 aliphatic rings. The third-order valence-corrected chi connectivity index (χ3v) is 6.25. The van der Waals surface area contributed by atoms with Crippen LogP contribution in [0.2, 0.25) is 0 Å². The number of hydrogen-bond acceptors (Lipinski definition) is 6. The highest BCUT2D eigenvalue weighted by Crippen LogP contribution is 2.32. The summed E-state index contributed by atoms with van der Waals surface area (Å²) in [4.78, 5) is 12.9. The van der Waals surface area contributed by atoms with Gasteiger partial charge in [0.2, 0.25) is 15.9 Å². The number of fused-ring (bicyclic) bond motifs is 1. The lowest BCUT2D eigenvalue weighted by molar-refractivity contribution is -0.124. The maximum absolute atomic E-state index is 13.0. The summed E-state index contributed by atoms with van der Waals surface area (Å²) < 4.78 is 45.1. The summed E-state index contributed by atoms with van der Waals surface area (Å²) in [7, 11) is -3.96. The average Bonchev–Trinajstić information content (AvgIpc) is 2.98. The number of sulfonamides is 1. The molecule has 30 heavy (non-hydrogen) atoms. The molecule has 0 radical (unpaired) electrons. The summed E-state index contributed by atoms with van der Waals surface area (Å²) in [5.74, 6) is 1.53. The zero-order valence-corrected chi connectivity index (χ0v) is 18.4. The van der Waals surface area contributed by atoms with Crippen LogP contribution in [0, 0.1) is 12.8 Å². The van der Waals surface area contributed by atoms with Crippen LogP contribution in [-0.4, -0.2) is 33.6 Å². The first-order valence-corrected chi connectivity index (χ1v) is 11.4. The number of amides is 1. The summed E-state index contributed by atoms with van der Waals surface area (Å²) >= 11 is 0. The van der Waals surface area contributed by atoms with Gasteiger partial charge in [-0.1, -0.05) is 13.8 Å². The van der Waals surface area contributed by atoms with E-state index in [4.69, 9.17) is 13.9 Å². The van der Waals surface area contributed by atoms with E-state index in [9.17, 15) is 13.2 Å². The van der Waals surface area contributed by atoms with Gasteiger partial charge < -0.3 is 19.2 Å². The fourth-order valence-electron chi connectivity index (χ4n) is 3.10. The molecule has 1 aromatic carbocycles. The first-order chi connectivity index (χ1) is 14.2. The van der Waals surface area contributed by atoms with Gasteiger partial charge in [-0.3, -0.25) is 4.79 Å². The van der Waals surface area contributed by atoms with Crippen molar-refractivity contribution in [2.24, 2.45) is 5.92 Å². The average molecular weight is 437 g/mol. The van der Waals surface area contributed by atoms with E-state index in [1.54, 1.807) is 32.9 Å². The van der Waals surface area contributed by atoms with E-state index in [0.717, 1.165) is 12.2 Å². The summed E-state index contributed by atoms with van der Waals surface area (Å²) in [6, 6.07) is 6.68. The van der Waals surface area contributed by atoms with E-state index in [0.29, 0.717) is 30.5 Å². The Bertz CT molecular complexity index is 999. The van der Waals surface area contributed by atoms with Crippen LogP contribution >= 0.6 is 0 Å². The van der Waals surface area contributed by atoms with Crippen molar-refractivity contribution in [3.05, 3.63) is 41.9 Å². The monoisotopic (exact) mass is 436 g/mol. The molecule has 3 rings (SSSR count). The van der Waals surface area contributed by atoms with Crippen molar-refractivity contribution < 1.29 is 27.1 Å². The number of benzene rings is 1. The number of nitrogens with one attached hydrogen (secondary N) is 2. The van der Waals surface area contributed by atoms with Gasteiger partial charge >= 0.3 is 0 Å². The molecule has 1 aromatic heterocycles. The predicted molar refractivity (Wildman–Crippen MR) is 111 cm³/mol. The van der Waals surface area contributed by atoms with E-state index < -0.39 is 28.0 Å². The highest BCUT2D eigenvalue weighted by atomic mass is 32.2. The predicted octanol–water partition coefficient (Wildman–Crippen LogP) is 2.93. The molecule has 0 saturated heterocycles. The van der Waals surface area contributed by atoms with E-state index >= 15 is 0 Å². The summed E-state index contributed by atoms with van der Waals surface area (Å²) in [5, 5.41) is 2.82. The molecule has 9 heteroatoms. The second-order valence-corrected chi connectivity index (χ2v) is 9.39. The molecule has 2 atom stereocenters. The van der Waals surface area contributed by atoms with Crippen molar-refractivity contribution in [2.45, 2.75) is 51.1 Å². The van der Waals surface area contributed by atoms with Crippen LogP contribution in [-0.2, 0) is 14.8 Å². The zero-order chi connectivity index (χ0) is 21.9. The van der Waals surface area contributed by atoms with Crippen LogP contribution in [0.25, 0.3) is 0 Å². The Morgan fingerprint density at radius 2 is 1.73 bits per heavy atom. The van der Waals surface area contributed by atoms with Crippen molar-refractivity contribution in [1.82, 2.24) is 10.0 Å². The van der Waals surface area contributed by atoms with E-state index in [1.807, 2.05) is 13.0 Å². The van der Waals surface area contributed by atoms with Crippen molar-refractivity contribution >= 4 is 15.9 Å². The smallest absolute Gasteiger partial charge is 0.241 e. The fraction of sp³-hybridized carbons (Fsp3) is 0.476. The van der Waals surface area contributed by atoms with Crippen LogP contribution in [0.4, 0.5) is 0 Å². The normalized spacial score (nSPS) is 16.0. The molecular weight excluding hydrogens is 408 g/mol. The van der Waals surface area contributed by atoms with Gasteiger partial charge in [0.05, 0.1) is 24.2 Å². The molecule has 8 nitrogen and oxygen atoms in total. The second-order valence-electron chi connectivity index (χ2n) is 7.68. The van der Waals surface area contributed by atoms with Crippen LogP contribution in [0.15, 0.2) is 39.6 Å². The number of hydrogen-bond donors (Lipinski definition) is 2. The third-order valence-electron chi connectivity index (χ3n) is 4.81. The highest BCUT2D eigenvalue weighted by Gasteiger charge is 2.30. The zero-order valence-electron chi connectivity index (χ0n) is 17.6. The molecule has 1 aliphatic heterocycles. The first-order valence-electron chi connectivity index (χ1n) is 9.96. The van der Waals surface area contributed by atoms with Crippen LogP contribution in [0.3, 0.4) is 0 Å². The Labute approximate surface area is 177 Å². The largest absolute Gasteiger partial charge is 0.490 e. The lowest BCUT2D eigenvalue weighted by Gasteiger charge is -2.23. The number of carbonyl (C=O) groups is 1. The number of aryl methyl sites for hydroxylation is 1. The Kier molecular flexibility index (Phi) is 6.72. The molecule has 0 spiro atoms. The Hall–Kier alpha value is -2.52. The minimum Gasteiger partial charge on any atom is -0.490 e. The Morgan fingerprint density at radius 1 is 1.03 bits per heavy atom. The minimum atomic E-state index is -3.96. The van der Waals surface area contributed by atoms with Crippen molar-refractivity contribution in [3.63, 3.8) is 0 Å². The highest BCUT2D eigenvalue weighted by molar-refractivity contribution is 7.89. The number of ether oxygens (including phenoxy) is 2. The van der Waals surface area contributed by atoms with Crippen LogP contribution in [0.1, 0.15) is 44.8 Å². The van der Waals surface area contributed by atoms with Crippen molar-refractivity contribution in [3.8, 4) is 11.5 Å². The van der Waals surface area contributed by atoms with E-state index in [-0.39, 0.29) is 10.8 Å². The second kappa shape index (κ2) is 9.09. The summed E-state index contributed by atoms with van der Waals surface area (Å²) in [6.07, 6.45) is 0.720. The Balaban J connectivity index is 1.76. The molecule has 0 saturated carbocycles. The van der Waals surface area contributed by atoms with E-state index in [1.165, 1.54) is 12.1 Å². The molecule has 0 fully saturated rings. The van der Waals surface area contributed by atoms with E-state index in [2.05, 4.69) is 10.0 Å². The molecule has 0 aliphatic carbocycles. The topological polar surface area (TPSA) is 107 Å². The molecular formula is C21H28N2O6S. The van der Waals surface area contributed by atoms with Crippen LogP contribution < -0.4 is 19.5 Å². The standard InChI is InChI=1S/C21H28N2O6S/c1-13(2)20(21(24)22-15(4)17-8-6-14(3)29-17)23-30(25,26)16-7-9-18-19(12-16)28-11-5-10-27-18/h6-9,12-13,15,20,23H,5,10-11H2,1-4H3,(H,22,24). The van der Waals surface area contributed by atoms with Gasteiger partial charge in [0.1, 0.15) is 17.6 Å². The van der Waals surface area contributed by atoms with Crippen molar-refractivity contribution in [2.75, 3.05) is 13.2 Å². The maximum Gasteiger partial charge on any atom is 0.241 e. The first kappa shape index (κ1) is 22.2. The number of carbonyl (C=O) groups excluding carboxylic acids is 1. The molecule has 1 amide bonds. The van der Waals surface area contributed by atoms with Gasteiger partial charge in [-0.05, 0) is 44.0 Å². The SMILES string of the molecule is Cc1ccc(C(C)NC(=O)C(NS(=O)(=O)c2ccc3c(c2)OCCCO3)C(C)C)o1.